The Morgan fingerprint density at radius 1 is 1.28 bits per heavy atom. The van der Waals surface area contributed by atoms with Crippen LogP contribution < -0.4 is 16.4 Å². The molecule has 2 saturated heterocycles. The smallest absolute Gasteiger partial charge is 0.250 e. The van der Waals surface area contributed by atoms with Gasteiger partial charge in [-0.05, 0) is 18.9 Å². The van der Waals surface area contributed by atoms with E-state index in [1.165, 1.54) is 12.0 Å². The SMILES string of the molecule is COCCN1C(=O)[C@@H]2[C@@H](CCC(N)=O)N[C@@]3(C(=O)Nc4c(C)cccc43)[C@H]2C1=O. The lowest BCUT2D eigenvalue weighted by Gasteiger charge is -2.29. The molecule has 9 heteroatoms. The molecule has 0 radical (unpaired) electrons. The zero-order chi connectivity index (χ0) is 20.9. The Balaban J connectivity index is 1.81. The first-order chi connectivity index (χ1) is 13.8. The van der Waals surface area contributed by atoms with Crippen molar-refractivity contribution in [3.05, 3.63) is 29.3 Å². The zero-order valence-electron chi connectivity index (χ0n) is 16.4. The maximum atomic E-state index is 13.3. The number of hydrogen-bond donors (Lipinski definition) is 3. The molecular weight excluding hydrogens is 376 g/mol. The van der Waals surface area contributed by atoms with Crippen LogP contribution in [0.1, 0.15) is 24.0 Å². The molecule has 3 heterocycles. The van der Waals surface area contributed by atoms with Gasteiger partial charge in [0.25, 0.3) is 0 Å². The third-order valence-electron chi connectivity index (χ3n) is 6.27. The summed E-state index contributed by atoms with van der Waals surface area (Å²) in [5.41, 5.74) is 6.16. The number of aryl methyl sites for hydroxylation is 1. The first-order valence-electron chi connectivity index (χ1n) is 9.64. The number of ether oxygens (including phenoxy) is 1. The average Bonchev–Trinajstić information content (AvgIpc) is 3.25. The summed E-state index contributed by atoms with van der Waals surface area (Å²) >= 11 is 0. The minimum Gasteiger partial charge on any atom is -0.383 e. The van der Waals surface area contributed by atoms with Gasteiger partial charge in [-0.25, -0.2) is 0 Å². The lowest BCUT2D eigenvalue weighted by atomic mass is 9.76. The molecule has 1 spiro atoms. The second-order valence-corrected chi connectivity index (χ2v) is 7.84. The topological polar surface area (TPSA) is 131 Å². The fourth-order valence-corrected chi connectivity index (χ4v) is 4.98. The van der Waals surface area contributed by atoms with E-state index in [1.807, 2.05) is 19.1 Å². The number of hydrogen-bond acceptors (Lipinski definition) is 6. The number of benzene rings is 1. The van der Waals surface area contributed by atoms with Crippen molar-refractivity contribution < 1.29 is 23.9 Å². The summed E-state index contributed by atoms with van der Waals surface area (Å²) in [7, 11) is 1.49. The van der Waals surface area contributed by atoms with E-state index in [-0.39, 0.29) is 37.8 Å². The van der Waals surface area contributed by atoms with Crippen LogP contribution in [0, 0.1) is 18.8 Å². The van der Waals surface area contributed by atoms with Crippen LogP contribution in [-0.2, 0) is 29.5 Å². The van der Waals surface area contributed by atoms with Gasteiger partial charge in [-0.15, -0.1) is 0 Å². The van der Waals surface area contributed by atoms with Crippen LogP contribution in [0.25, 0.3) is 0 Å². The van der Waals surface area contributed by atoms with Crippen molar-refractivity contribution in [3.8, 4) is 0 Å². The zero-order valence-corrected chi connectivity index (χ0v) is 16.4. The minimum atomic E-state index is -1.34. The van der Waals surface area contributed by atoms with E-state index in [9.17, 15) is 19.2 Å². The van der Waals surface area contributed by atoms with Crippen molar-refractivity contribution in [2.24, 2.45) is 17.6 Å². The van der Waals surface area contributed by atoms with Crippen LogP contribution in [-0.4, -0.2) is 54.8 Å². The van der Waals surface area contributed by atoms with Crippen molar-refractivity contribution in [2.75, 3.05) is 25.6 Å². The number of anilines is 1. The fraction of sp³-hybridized carbons (Fsp3) is 0.500. The molecule has 0 unspecified atom stereocenters. The number of primary amides is 1. The first kappa shape index (κ1) is 19.5. The number of rotatable bonds is 6. The first-order valence-corrected chi connectivity index (χ1v) is 9.64. The minimum absolute atomic E-state index is 0.0544. The molecule has 1 aromatic carbocycles. The maximum absolute atomic E-state index is 13.3. The van der Waals surface area contributed by atoms with Gasteiger partial charge in [-0.3, -0.25) is 29.4 Å². The summed E-state index contributed by atoms with van der Waals surface area (Å²) in [5, 5.41) is 6.17. The van der Waals surface area contributed by atoms with Gasteiger partial charge in [-0.2, -0.15) is 0 Å². The summed E-state index contributed by atoms with van der Waals surface area (Å²) in [6, 6.07) is 4.99. The Morgan fingerprint density at radius 2 is 2.03 bits per heavy atom. The molecule has 9 nitrogen and oxygen atoms in total. The molecule has 154 valence electrons. The van der Waals surface area contributed by atoms with E-state index < -0.39 is 35.2 Å². The molecule has 3 aliphatic rings. The van der Waals surface area contributed by atoms with E-state index in [0.29, 0.717) is 11.3 Å². The Bertz CT molecular complexity index is 916. The highest BCUT2D eigenvalue weighted by Crippen LogP contribution is 2.53. The quantitative estimate of drug-likeness (QED) is 0.559. The average molecular weight is 400 g/mol. The third-order valence-corrected chi connectivity index (χ3v) is 6.27. The standard InChI is InChI=1S/C20H24N4O5/c1-10-4-3-5-11-16(10)22-19(28)20(11)15-14(12(23-20)6-7-13(21)25)17(26)24(18(15)27)8-9-29-2/h3-5,12,14-15,23H,6-9H2,1-2H3,(H2,21,25)(H,22,28)/t12-,14-,15-,20-/m1/s1. The van der Waals surface area contributed by atoms with Crippen LogP contribution >= 0.6 is 0 Å². The highest BCUT2D eigenvalue weighted by atomic mass is 16.5. The predicted octanol–water partition coefficient (Wildman–Crippen LogP) is -0.373. The number of methoxy groups -OCH3 is 1. The molecule has 2 fully saturated rings. The highest BCUT2D eigenvalue weighted by molar-refractivity contribution is 6.15. The third kappa shape index (κ3) is 2.68. The molecule has 0 bridgehead atoms. The number of nitrogens with zero attached hydrogens (tertiary/aromatic N) is 1. The van der Waals surface area contributed by atoms with E-state index in [1.54, 1.807) is 6.07 Å². The predicted molar refractivity (Wildman–Crippen MR) is 102 cm³/mol. The second kappa shape index (κ2) is 6.93. The van der Waals surface area contributed by atoms with Crippen molar-refractivity contribution >= 4 is 29.3 Å². The number of carbonyl (C=O) groups excluding carboxylic acids is 4. The van der Waals surface area contributed by atoms with Crippen molar-refractivity contribution in [1.29, 1.82) is 0 Å². The number of fused-ring (bicyclic) bond motifs is 4. The van der Waals surface area contributed by atoms with Gasteiger partial charge < -0.3 is 15.8 Å². The fourth-order valence-electron chi connectivity index (χ4n) is 4.98. The molecule has 4 N–H and O–H groups in total. The number of imide groups is 1. The molecular formula is C20H24N4O5. The van der Waals surface area contributed by atoms with Gasteiger partial charge in [0.2, 0.25) is 23.6 Å². The molecule has 0 aliphatic carbocycles. The van der Waals surface area contributed by atoms with Crippen LogP contribution in [0.4, 0.5) is 5.69 Å². The number of nitrogens with one attached hydrogen (secondary N) is 2. The van der Waals surface area contributed by atoms with Crippen molar-refractivity contribution in [3.63, 3.8) is 0 Å². The summed E-state index contributed by atoms with van der Waals surface area (Å²) in [5.74, 6) is -3.21. The highest BCUT2D eigenvalue weighted by Gasteiger charge is 2.70. The lowest BCUT2D eigenvalue weighted by molar-refractivity contribution is -0.143. The van der Waals surface area contributed by atoms with E-state index >= 15 is 0 Å². The summed E-state index contributed by atoms with van der Waals surface area (Å²) < 4.78 is 5.04. The number of likely N-dealkylation sites (tertiary alicyclic amines) is 1. The largest absolute Gasteiger partial charge is 0.383 e. The number of amides is 4. The molecule has 4 rings (SSSR count). The molecule has 3 aliphatic heterocycles. The number of carbonyl (C=O) groups is 4. The Hall–Kier alpha value is -2.78. The molecule has 0 aromatic heterocycles. The molecule has 29 heavy (non-hydrogen) atoms. The van der Waals surface area contributed by atoms with Gasteiger partial charge in [0.05, 0.1) is 25.0 Å². The molecule has 4 atom stereocenters. The second-order valence-electron chi connectivity index (χ2n) is 7.84. The molecule has 1 aromatic rings. The molecule has 4 amide bonds. The van der Waals surface area contributed by atoms with Gasteiger partial charge in [0, 0.05) is 30.8 Å². The van der Waals surface area contributed by atoms with E-state index in [0.717, 1.165) is 5.56 Å². The van der Waals surface area contributed by atoms with Crippen LogP contribution in [0.2, 0.25) is 0 Å². The number of nitrogens with two attached hydrogens (primary N) is 1. The van der Waals surface area contributed by atoms with Gasteiger partial charge >= 0.3 is 0 Å². The normalized spacial score (nSPS) is 30.1. The van der Waals surface area contributed by atoms with Crippen LogP contribution in [0.3, 0.4) is 0 Å². The monoisotopic (exact) mass is 400 g/mol. The number of para-hydroxylation sites is 1. The van der Waals surface area contributed by atoms with Crippen molar-refractivity contribution in [1.82, 2.24) is 10.2 Å². The van der Waals surface area contributed by atoms with Crippen molar-refractivity contribution in [2.45, 2.75) is 31.3 Å². The summed E-state index contributed by atoms with van der Waals surface area (Å²) in [6.45, 7) is 2.22. The van der Waals surface area contributed by atoms with E-state index in [2.05, 4.69) is 10.6 Å². The van der Waals surface area contributed by atoms with Crippen LogP contribution in [0.15, 0.2) is 18.2 Å². The van der Waals surface area contributed by atoms with Gasteiger partial charge in [0.1, 0.15) is 5.54 Å². The van der Waals surface area contributed by atoms with Crippen LogP contribution in [0.5, 0.6) is 0 Å². The summed E-state index contributed by atoms with van der Waals surface area (Å²) in [4.78, 5) is 52.2. The van der Waals surface area contributed by atoms with Gasteiger partial charge in [0.15, 0.2) is 0 Å². The Labute approximate surface area is 167 Å². The maximum Gasteiger partial charge on any atom is 0.250 e. The lowest BCUT2D eigenvalue weighted by Crippen LogP contribution is -2.53. The Morgan fingerprint density at radius 3 is 2.72 bits per heavy atom. The Kier molecular flexibility index (Phi) is 4.66. The molecule has 0 saturated carbocycles. The van der Waals surface area contributed by atoms with Gasteiger partial charge in [-0.1, -0.05) is 18.2 Å². The summed E-state index contributed by atoms with van der Waals surface area (Å²) in [6.07, 6.45) is 0.322. The van der Waals surface area contributed by atoms with E-state index in [4.69, 9.17) is 10.5 Å².